The van der Waals surface area contributed by atoms with E-state index in [-0.39, 0.29) is 11.3 Å². The lowest BCUT2D eigenvalue weighted by molar-refractivity contribution is -0.137. The van der Waals surface area contributed by atoms with Gasteiger partial charge in [0, 0.05) is 5.39 Å². The zero-order valence-corrected chi connectivity index (χ0v) is 11.4. The maximum absolute atomic E-state index is 11.8. The number of aliphatic imine (C=N–C) groups is 1. The predicted molar refractivity (Wildman–Crippen MR) is 76.0 cm³/mol. The van der Waals surface area contributed by atoms with Crippen LogP contribution in [0.3, 0.4) is 0 Å². The fourth-order valence-corrected chi connectivity index (χ4v) is 1.75. The van der Waals surface area contributed by atoms with Crippen molar-refractivity contribution in [1.82, 2.24) is 0 Å². The van der Waals surface area contributed by atoms with Crippen LogP contribution in [0.15, 0.2) is 38.5 Å². The van der Waals surface area contributed by atoms with Crippen molar-refractivity contribution in [2.75, 3.05) is 7.11 Å². The molecular formula is C14H11NO7. The highest BCUT2D eigenvalue weighted by atomic mass is 16.5. The lowest BCUT2D eigenvalue weighted by Crippen LogP contribution is -2.17. The second-order valence-corrected chi connectivity index (χ2v) is 4.26. The van der Waals surface area contributed by atoms with E-state index in [4.69, 9.17) is 19.4 Å². The summed E-state index contributed by atoms with van der Waals surface area (Å²) in [7, 11) is 1.47. The van der Waals surface area contributed by atoms with Crippen LogP contribution in [0.2, 0.25) is 0 Å². The van der Waals surface area contributed by atoms with Gasteiger partial charge in [-0.15, -0.1) is 0 Å². The fourth-order valence-electron chi connectivity index (χ4n) is 1.75. The van der Waals surface area contributed by atoms with Gasteiger partial charge in [0.05, 0.1) is 13.5 Å². The monoisotopic (exact) mass is 305 g/mol. The molecule has 0 aliphatic heterocycles. The third-order valence-electron chi connectivity index (χ3n) is 2.74. The highest BCUT2D eigenvalue weighted by Crippen LogP contribution is 2.22. The molecule has 0 aliphatic carbocycles. The van der Waals surface area contributed by atoms with Crippen molar-refractivity contribution < 1.29 is 29.0 Å². The summed E-state index contributed by atoms with van der Waals surface area (Å²) >= 11 is 0. The molecule has 0 atom stereocenters. The maximum Gasteiger partial charge on any atom is 0.362 e. The zero-order valence-electron chi connectivity index (χ0n) is 11.4. The molecule has 0 saturated heterocycles. The second kappa shape index (κ2) is 6.08. The van der Waals surface area contributed by atoms with Crippen molar-refractivity contribution in [2.45, 2.75) is 6.42 Å². The van der Waals surface area contributed by atoms with E-state index in [2.05, 4.69) is 4.99 Å². The summed E-state index contributed by atoms with van der Waals surface area (Å²) in [6.45, 7) is 0. The van der Waals surface area contributed by atoms with Gasteiger partial charge in [-0.1, -0.05) is 0 Å². The van der Waals surface area contributed by atoms with Crippen LogP contribution >= 0.6 is 0 Å². The zero-order chi connectivity index (χ0) is 16.3. The van der Waals surface area contributed by atoms with Gasteiger partial charge in [-0.2, -0.15) is 0 Å². The minimum absolute atomic E-state index is 0.278. The van der Waals surface area contributed by atoms with Crippen molar-refractivity contribution >= 4 is 34.3 Å². The Morgan fingerprint density at radius 1 is 1.27 bits per heavy atom. The molecule has 0 amide bonds. The van der Waals surface area contributed by atoms with E-state index in [1.165, 1.54) is 19.2 Å². The average Bonchev–Trinajstić information content (AvgIpc) is 2.46. The molecule has 2 N–H and O–H groups in total. The first-order chi connectivity index (χ1) is 10.4. The topological polar surface area (TPSA) is 126 Å². The highest BCUT2D eigenvalue weighted by molar-refractivity contribution is 6.39. The Labute approximate surface area is 123 Å². The largest absolute Gasteiger partial charge is 0.497 e. The number of hydrogen-bond acceptors (Lipinski definition) is 6. The summed E-state index contributed by atoms with van der Waals surface area (Å²) in [6.07, 6.45) is -0.815. The third kappa shape index (κ3) is 3.29. The molecule has 22 heavy (non-hydrogen) atoms. The smallest absolute Gasteiger partial charge is 0.362 e. The van der Waals surface area contributed by atoms with Gasteiger partial charge < -0.3 is 19.4 Å². The molecule has 8 nitrogen and oxygen atoms in total. The van der Waals surface area contributed by atoms with Crippen LogP contribution in [-0.4, -0.2) is 35.0 Å². The number of benzene rings is 1. The summed E-state index contributed by atoms with van der Waals surface area (Å²) in [5.74, 6) is -2.37. The van der Waals surface area contributed by atoms with Crippen molar-refractivity contribution in [3.8, 4) is 5.75 Å². The van der Waals surface area contributed by atoms with Crippen LogP contribution in [0.5, 0.6) is 5.75 Å². The lowest BCUT2D eigenvalue weighted by atomic mass is 10.2. The van der Waals surface area contributed by atoms with Crippen LogP contribution < -0.4 is 10.4 Å². The Bertz CT molecular complexity index is 835. The molecule has 0 unspecified atom stereocenters. The van der Waals surface area contributed by atoms with Gasteiger partial charge in [-0.05, 0) is 24.3 Å². The van der Waals surface area contributed by atoms with Gasteiger partial charge in [-0.3, -0.25) is 4.79 Å². The van der Waals surface area contributed by atoms with Gasteiger partial charge in [0.25, 0.3) is 0 Å². The second-order valence-electron chi connectivity index (χ2n) is 4.26. The van der Waals surface area contributed by atoms with E-state index < -0.39 is 29.7 Å². The summed E-state index contributed by atoms with van der Waals surface area (Å²) in [4.78, 5) is 37.0. The van der Waals surface area contributed by atoms with Crippen LogP contribution in [0.1, 0.15) is 6.42 Å². The molecule has 0 fully saturated rings. The Morgan fingerprint density at radius 2 is 2.00 bits per heavy atom. The summed E-state index contributed by atoms with van der Waals surface area (Å²) < 4.78 is 10.1. The van der Waals surface area contributed by atoms with Crippen molar-refractivity contribution in [3.05, 3.63) is 34.7 Å². The number of carboxylic acid groups (broad SMARTS) is 2. The van der Waals surface area contributed by atoms with E-state index in [1.807, 2.05) is 0 Å². The van der Waals surface area contributed by atoms with Crippen molar-refractivity contribution in [3.63, 3.8) is 0 Å². The third-order valence-corrected chi connectivity index (χ3v) is 2.74. The number of ether oxygens (including phenoxy) is 1. The van der Waals surface area contributed by atoms with Gasteiger partial charge in [-0.25, -0.2) is 14.6 Å². The van der Waals surface area contributed by atoms with Crippen LogP contribution in [-0.2, 0) is 9.59 Å². The number of rotatable bonds is 5. The molecule has 1 aromatic heterocycles. The molecule has 1 aromatic carbocycles. The first-order valence-electron chi connectivity index (χ1n) is 6.05. The van der Waals surface area contributed by atoms with E-state index >= 15 is 0 Å². The van der Waals surface area contributed by atoms with E-state index in [0.717, 1.165) is 0 Å². The minimum atomic E-state index is -1.52. The number of carbonyl (C=O) groups is 2. The summed E-state index contributed by atoms with van der Waals surface area (Å²) in [5.41, 5.74) is -1.54. The lowest BCUT2D eigenvalue weighted by Gasteiger charge is -2.03. The van der Waals surface area contributed by atoms with E-state index in [9.17, 15) is 14.4 Å². The molecular weight excluding hydrogens is 294 g/mol. The molecule has 2 rings (SSSR count). The predicted octanol–water partition coefficient (Wildman–Crippen LogP) is 1.43. The fraction of sp³-hybridized carbons (Fsp3) is 0.143. The Balaban J connectivity index is 2.58. The number of aliphatic carboxylic acids is 2. The van der Waals surface area contributed by atoms with Gasteiger partial charge in [0.2, 0.25) is 0 Å². The van der Waals surface area contributed by atoms with Gasteiger partial charge in [0.15, 0.2) is 0 Å². The number of methoxy groups -OCH3 is 1. The number of nitrogens with zero attached hydrogens (tertiary/aromatic N) is 1. The van der Waals surface area contributed by atoms with Crippen LogP contribution in [0.25, 0.3) is 11.0 Å². The Hall–Kier alpha value is -3.16. The van der Waals surface area contributed by atoms with Crippen molar-refractivity contribution in [2.24, 2.45) is 4.99 Å². The quantitative estimate of drug-likeness (QED) is 0.632. The normalized spacial score (nSPS) is 11.4. The molecule has 114 valence electrons. The summed E-state index contributed by atoms with van der Waals surface area (Å²) in [5, 5.41) is 18.1. The molecule has 0 aliphatic rings. The summed E-state index contributed by atoms with van der Waals surface area (Å²) in [6, 6.07) is 6.02. The molecule has 8 heteroatoms. The molecule has 1 heterocycles. The standard InChI is InChI=1S/C14H11NO7/c1-21-8-2-3-11-7(4-8)5-10(14(20)22-11)15-9(13(18)19)6-12(16)17/h2-5H,6H2,1H3,(H,16,17)(H,18,19). The van der Waals surface area contributed by atoms with Gasteiger partial charge in [0.1, 0.15) is 22.7 Å². The molecule has 0 radical (unpaired) electrons. The number of hydrogen-bond donors (Lipinski definition) is 2. The molecule has 0 saturated carbocycles. The first-order valence-corrected chi connectivity index (χ1v) is 6.05. The Kier molecular flexibility index (Phi) is 4.21. The van der Waals surface area contributed by atoms with E-state index in [1.54, 1.807) is 12.1 Å². The Morgan fingerprint density at radius 3 is 2.59 bits per heavy atom. The maximum atomic E-state index is 11.8. The number of fused-ring (bicyclic) bond motifs is 1. The SMILES string of the molecule is COc1ccc2oc(=O)c(N=C(CC(=O)O)C(=O)O)cc2c1. The molecule has 0 spiro atoms. The highest BCUT2D eigenvalue weighted by Gasteiger charge is 2.16. The molecule has 0 bridgehead atoms. The first kappa shape index (κ1) is 15.2. The van der Waals surface area contributed by atoms with Crippen molar-refractivity contribution in [1.29, 1.82) is 0 Å². The average molecular weight is 305 g/mol. The minimum Gasteiger partial charge on any atom is -0.497 e. The van der Waals surface area contributed by atoms with Crippen LogP contribution in [0, 0.1) is 0 Å². The van der Waals surface area contributed by atoms with Crippen LogP contribution in [0.4, 0.5) is 5.69 Å². The number of carboxylic acids is 2. The van der Waals surface area contributed by atoms with Gasteiger partial charge >= 0.3 is 17.6 Å². The molecule has 2 aromatic rings. The van der Waals surface area contributed by atoms with E-state index in [0.29, 0.717) is 11.1 Å².